The number of hydrogen-bond acceptors (Lipinski definition) is 10. The maximum Gasteiger partial charge on any atom is 0.435 e. The van der Waals surface area contributed by atoms with Gasteiger partial charge in [0.1, 0.15) is 34.1 Å². The van der Waals surface area contributed by atoms with Gasteiger partial charge in [-0.2, -0.15) is 0 Å². The molecule has 2 heterocycles. The second-order valence-corrected chi connectivity index (χ2v) is 11.8. The highest BCUT2D eigenvalue weighted by atomic mass is 35.5. The summed E-state index contributed by atoms with van der Waals surface area (Å²) in [6, 6.07) is 12.0. The van der Waals surface area contributed by atoms with Crippen molar-refractivity contribution in [3.63, 3.8) is 0 Å². The molecule has 17 heteroatoms. The second kappa shape index (κ2) is 12.4. The van der Waals surface area contributed by atoms with Gasteiger partial charge in [-0.05, 0) is 48.5 Å². The first kappa shape index (κ1) is 30.9. The van der Waals surface area contributed by atoms with E-state index in [0.29, 0.717) is 22.3 Å². The van der Waals surface area contributed by atoms with Crippen LogP contribution in [0.2, 0.25) is 5.02 Å². The van der Waals surface area contributed by atoms with E-state index in [2.05, 4.69) is 0 Å². The summed E-state index contributed by atoms with van der Waals surface area (Å²) in [7, 11) is 2.90. The van der Waals surface area contributed by atoms with Crippen LogP contribution < -0.4 is 29.8 Å². The number of nitrogens with one attached hydrogen (secondary N) is 1. The Morgan fingerprint density at radius 3 is 2.00 bits per heavy atom. The van der Waals surface area contributed by atoms with Crippen molar-refractivity contribution < 1.29 is 46.1 Å². The molecule has 1 aromatic heterocycles. The second-order valence-electron chi connectivity index (χ2n) is 8.55. The smallest absolute Gasteiger partial charge is 0.435 e. The van der Waals surface area contributed by atoms with Crippen molar-refractivity contribution >= 4 is 30.1 Å². The molecule has 0 saturated carbocycles. The zero-order valence-corrected chi connectivity index (χ0v) is 23.7. The minimum Gasteiger partial charge on any atom is -0.497 e. The predicted octanol–water partition coefficient (Wildman–Crippen LogP) is 3.84. The molecule has 11 nitrogen and oxygen atoms in total. The third-order valence-corrected chi connectivity index (χ3v) is 8.33. The number of benzene rings is 2. The van der Waals surface area contributed by atoms with E-state index < -0.39 is 60.1 Å². The zero-order valence-electron chi connectivity index (χ0n) is 21.2. The number of methoxy groups -OCH3 is 2. The molecule has 222 valence electrons. The van der Waals surface area contributed by atoms with Gasteiger partial charge in [-0.3, -0.25) is 18.9 Å². The standard InChI is InChI=1S/C24H23ClF3N2O9PS/c1-34-13-3-7-15(8-4-13)38-40(41,39-16-9-5-14(35-2)6-10-16)36-12-24(22(27)28)19(31)18(26)21(37-24)30-11-17(25)20(32)29-23(30)33/h3-11,18-19,21-22,31H,12H2,1-2H3,(H,29,32,33)/t18-,19+,21-,24-/m1/s1. The third-order valence-electron chi connectivity index (χ3n) is 5.98. The molecular formula is C24H23ClF3N2O9PS. The summed E-state index contributed by atoms with van der Waals surface area (Å²) >= 11 is 11.2. The average Bonchev–Trinajstić information content (AvgIpc) is 3.21. The van der Waals surface area contributed by atoms with Crippen LogP contribution in [0.3, 0.4) is 0 Å². The highest BCUT2D eigenvalue weighted by molar-refractivity contribution is 8.07. The van der Waals surface area contributed by atoms with E-state index in [1.807, 2.05) is 0 Å². The van der Waals surface area contributed by atoms with E-state index in [1.54, 1.807) is 4.98 Å². The Bertz CT molecular complexity index is 1470. The third kappa shape index (κ3) is 6.55. The molecule has 0 aliphatic carbocycles. The topological polar surface area (TPSA) is 130 Å². The van der Waals surface area contributed by atoms with Gasteiger partial charge in [0.25, 0.3) is 12.0 Å². The molecule has 1 fully saturated rings. The van der Waals surface area contributed by atoms with Gasteiger partial charge in [-0.15, -0.1) is 0 Å². The minimum absolute atomic E-state index is 0.123. The molecule has 0 spiro atoms. The molecule has 2 aromatic carbocycles. The molecule has 0 amide bonds. The Kier molecular flexibility index (Phi) is 9.36. The molecule has 1 saturated heterocycles. The van der Waals surface area contributed by atoms with Gasteiger partial charge in [0.15, 0.2) is 18.0 Å². The quantitative estimate of drug-likeness (QED) is 0.299. The molecule has 41 heavy (non-hydrogen) atoms. The summed E-state index contributed by atoms with van der Waals surface area (Å²) in [6.07, 6.45) is -10.0. The molecular weight excluding hydrogens is 616 g/mol. The van der Waals surface area contributed by atoms with Gasteiger partial charge in [-0.1, -0.05) is 11.6 Å². The van der Waals surface area contributed by atoms with Crippen molar-refractivity contribution in [2.45, 2.75) is 30.5 Å². The first-order chi connectivity index (χ1) is 19.4. The maximum absolute atomic E-state index is 15.2. The van der Waals surface area contributed by atoms with Crippen LogP contribution in [-0.2, 0) is 21.1 Å². The molecule has 0 unspecified atom stereocenters. The van der Waals surface area contributed by atoms with Crippen LogP contribution in [0, 0.1) is 0 Å². The van der Waals surface area contributed by atoms with Gasteiger partial charge in [0, 0.05) is 18.0 Å². The predicted molar refractivity (Wildman–Crippen MR) is 144 cm³/mol. The fourth-order valence-electron chi connectivity index (χ4n) is 3.79. The highest BCUT2D eigenvalue weighted by Gasteiger charge is 2.62. The number of halogens is 4. The molecule has 0 radical (unpaired) electrons. The average molecular weight is 639 g/mol. The van der Waals surface area contributed by atoms with E-state index in [0.717, 1.165) is 0 Å². The van der Waals surface area contributed by atoms with E-state index in [9.17, 15) is 23.5 Å². The van der Waals surface area contributed by atoms with E-state index >= 15 is 4.39 Å². The molecule has 4 atom stereocenters. The SMILES string of the molecule is COc1ccc(OP(=S)(OC[C@@]2(C(F)F)O[C@@H](n3cc(Cl)c(=O)[nH]c3=O)[C@H](F)[C@@H]2O)Oc2ccc(OC)cc2)cc1. The van der Waals surface area contributed by atoms with Crippen molar-refractivity contribution in [2.75, 3.05) is 20.8 Å². The molecule has 4 rings (SSSR count). The Labute approximate surface area is 240 Å². The highest BCUT2D eigenvalue weighted by Crippen LogP contribution is 2.53. The molecule has 2 N–H and O–H groups in total. The van der Waals surface area contributed by atoms with Crippen LogP contribution in [0.25, 0.3) is 0 Å². The van der Waals surface area contributed by atoms with E-state index in [4.69, 9.17) is 51.2 Å². The first-order valence-corrected chi connectivity index (χ1v) is 14.6. The molecule has 3 aromatic rings. The summed E-state index contributed by atoms with van der Waals surface area (Å²) in [5, 5.41) is 10.1. The number of ether oxygens (including phenoxy) is 3. The van der Waals surface area contributed by atoms with E-state index in [-0.39, 0.29) is 11.5 Å². The lowest BCUT2D eigenvalue weighted by Gasteiger charge is -2.32. The fourth-order valence-corrected chi connectivity index (χ4v) is 5.88. The number of alkyl halides is 3. The van der Waals surface area contributed by atoms with Gasteiger partial charge >= 0.3 is 12.4 Å². The van der Waals surface area contributed by atoms with Gasteiger partial charge in [-0.25, -0.2) is 18.0 Å². The fraction of sp³-hybridized carbons (Fsp3) is 0.333. The van der Waals surface area contributed by atoms with Crippen LogP contribution in [0.5, 0.6) is 23.0 Å². The van der Waals surface area contributed by atoms with Crippen LogP contribution in [0.4, 0.5) is 13.2 Å². The van der Waals surface area contributed by atoms with Crippen LogP contribution in [0.15, 0.2) is 64.3 Å². The molecule has 1 aliphatic rings. The summed E-state index contributed by atoms with van der Waals surface area (Å²) in [4.78, 5) is 25.7. The Hall–Kier alpha value is -3.07. The largest absolute Gasteiger partial charge is 0.497 e. The van der Waals surface area contributed by atoms with E-state index in [1.165, 1.54) is 62.8 Å². The van der Waals surface area contributed by atoms with Gasteiger partial charge in [0.2, 0.25) is 0 Å². The van der Waals surface area contributed by atoms with Crippen molar-refractivity contribution in [1.82, 2.24) is 9.55 Å². The number of nitrogens with zero attached hydrogens (tertiary/aromatic N) is 1. The van der Waals surface area contributed by atoms with Gasteiger partial charge in [0.05, 0.1) is 20.8 Å². The molecule has 0 bridgehead atoms. The number of aliphatic hydroxyl groups excluding tert-OH is 1. The first-order valence-electron chi connectivity index (χ1n) is 11.6. The minimum atomic E-state index is -4.04. The Morgan fingerprint density at radius 1 is 1.05 bits per heavy atom. The van der Waals surface area contributed by atoms with Crippen LogP contribution >= 0.6 is 18.3 Å². The Balaban J connectivity index is 1.65. The lowest BCUT2D eigenvalue weighted by Crippen LogP contribution is -2.52. The van der Waals surface area contributed by atoms with Crippen molar-refractivity contribution in [2.24, 2.45) is 0 Å². The number of aromatic nitrogens is 2. The van der Waals surface area contributed by atoms with Gasteiger partial charge < -0.3 is 28.4 Å². The lowest BCUT2D eigenvalue weighted by atomic mass is 9.97. The summed E-state index contributed by atoms with van der Waals surface area (Å²) in [6.45, 7) is -5.26. The summed E-state index contributed by atoms with van der Waals surface area (Å²) in [5.41, 5.74) is -5.23. The van der Waals surface area contributed by atoms with Crippen LogP contribution in [-0.4, -0.2) is 59.8 Å². The summed E-state index contributed by atoms with van der Waals surface area (Å²) < 4.78 is 77.3. The monoisotopic (exact) mass is 638 g/mol. The number of aliphatic hydroxyl groups is 1. The van der Waals surface area contributed by atoms with Crippen LogP contribution in [0.1, 0.15) is 6.23 Å². The lowest BCUT2D eigenvalue weighted by molar-refractivity contribution is -0.192. The zero-order chi connectivity index (χ0) is 29.9. The normalized spacial score (nSPS) is 22.5. The number of aromatic amines is 1. The number of rotatable bonds is 11. The number of hydrogen-bond donors (Lipinski definition) is 2. The molecule has 1 aliphatic heterocycles. The summed E-state index contributed by atoms with van der Waals surface area (Å²) in [5.74, 6) is 1.22. The van der Waals surface area contributed by atoms with Crippen molar-refractivity contribution in [3.05, 3.63) is 80.6 Å². The maximum atomic E-state index is 15.2. The van der Waals surface area contributed by atoms with Crippen molar-refractivity contribution in [3.8, 4) is 23.0 Å². The number of H-pyrrole nitrogens is 1. The van der Waals surface area contributed by atoms with Crippen molar-refractivity contribution in [1.29, 1.82) is 0 Å². The Morgan fingerprint density at radius 2 is 1.54 bits per heavy atom.